The van der Waals surface area contributed by atoms with Crippen molar-refractivity contribution in [2.45, 2.75) is 106 Å². The fraction of sp³-hybridized carbons (Fsp3) is 0.656. The van der Waals surface area contributed by atoms with Crippen LogP contribution < -0.4 is 9.47 Å². The fourth-order valence-corrected chi connectivity index (χ4v) is 6.40. The van der Waals surface area contributed by atoms with Crippen LogP contribution in [0.2, 0.25) is 0 Å². The third kappa shape index (κ3) is 7.65. The van der Waals surface area contributed by atoms with E-state index in [0.29, 0.717) is 10.9 Å². The molecule has 2 aromatic rings. The zero-order valence-electron chi connectivity index (χ0n) is 27.7. The molecule has 0 amide bonds. The molecule has 0 spiro atoms. The third-order valence-electron chi connectivity index (χ3n) is 9.23. The Morgan fingerprint density at radius 3 is 1.90 bits per heavy atom. The summed E-state index contributed by atoms with van der Waals surface area (Å²) in [5, 5.41) is 116. The number of methoxy groups -OCH3 is 1. The van der Waals surface area contributed by atoms with Crippen molar-refractivity contribution in [3.63, 3.8) is 0 Å². The standard InChI is InChI=1S/C32H44O19/c1-10-4-12-5-13(45-3)6-14(19(12)23(39)18(10)11(2)35)47-31-26(42)25(41)21(37)17(50-31)9-46-30-28(44)29(22(38)16(8-34)48-30)51-32-27(43)24(40)20(36)15(7-33)49-32/h4-6,15-17,20-22,24-34,36-44H,7-9H2,1-3H3. The average Bonchev–Trinajstić information content (AvgIpc) is 3.09. The zero-order valence-corrected chi connectivity index (χ0v) is 27.7. The number of hydrogen-bond acceptors (Lipinski definition) is 19. The minimum Gasteiger partial charge on any atom is -0.506 e. The van der Waals surface area contributed by atoms with Crippen LogP contribution in [0.5, 0.6) is 17.2 Å². The van der Waals surface area contributed by atoms with Crippen LogP contribution in [0.25, 0.3) is 10.8 Å². The van der Waals surface area contributed by atoms with E-state index in [1.165, 1.54) is 20.1 Å². The number of fused-ring (bicyclic) bond motifs is 1. The van der Waals surface area contributed by atoms with Crippen molar-refractivity contribution in [1.82, 2.24) is 0 Å². The van der Waals surface area contributed by atoms with E-state index in [1.807, 2.05) is 0 Å². The van der Waals surface area contributed by atoms with Crippen LogP contribution in [0.3, 0.4) is 0 Å². The Morgan fingerprint density at radius 2 is 1.29 bits per heavy atom. The summed E-state index contributed by atoms with van der Waals surface area (Å²) in [6, 6.07) is 4.55. The molecule has 3 aliphatic heterocycles. The second kappa shape index (κ2) is 16.0. The van der Waals surface area contributed by atoms with Crippen LogP contribution in [-0.4, -0.2) is 181 Å². The molecular formula is C32H44O19. The van der Waals surface area contributed by atoms with Crippen molar-refractivity contribution in [1.29, 1.82) is 0 Å². The Bertz CT molecular complexity index is 1520. The molecule has 3 heterocycles. The second-order valence-corrected chi connectivity index (χ2v) is 12.7. The van der Waals surface area contributed by atoms with Crippen LogP contribution in [-0.2, 0) is 23.7 Å². The van der Waals surface area contributed by atoms with Crippen molar-refractivity contribution in [2.24, 2.45) is 0 Å². The number of aryl methyl sites for hydroxylation is 1. The Hall–Kier alpha value is -2.83. The SMILES string of the molecule is COc1cc(OC2OC(COC3OC(CO)C(O)C(OC4OC(CO)C(O)C(O)C4O)C3O)C(O)C(O)C2O)c2c(O)c(C(C)=O)c(C)cc2c1. The van der Waals surface area contributed by atoms with E-state index in [-0.39, 0.29) is 22.4 Å². The van der Waals surface area contributed by atoms with E-state index < -0.39 is 123 Å². The first kappa shape index (κ1) is 39.4. The van der Waals surface area contributed by atoms with E-state index in [2.05, 4.69) is 0 Å². The lowest BCUT2D eigenvalue weighted by Crippen LogP contribution is -2.65. The summed E-state index contributed by atoms with van der Waals surface area (Å²) in [6.45, 7) is 0.627. The highest BCUT2D eigenvalue weighted by Crippen LogP contribution is 2.42. The van der Waals surface area contributed by atoms with Gasteiger partial charge in [-0.3, -0.25) is 4.79 Å². The normalized spacial score (nSPS) is 38.8. The van der Waals surface area contributed by atoms with E-state index in [9.17, 15) is 61.0 Å². The Labute approximate surface area is 290 Å². The lowest BCUT2D eigenvalue weighted by Gasteiger charge is -2.46. The van der Waals surface area contributed by atoms with Gasteiger partial charge in [-0.1, -0.05) is 6.07 Å². The highest BCUT2D eigenvalue weighted by molar-refractivity contribution is 6.07. The Balaban J connectivity index is 1.35. The summed E-state index contributed by atoms with van der Waals surface area (Å²) in [5.74, 6) is -0.689. The van der Waals surface area contributed by atoms with Crippen molar-refractivity contribution in [3.8, 4) is 17.2 Å². The number of benzene rings is 2. The molecular weight excluding hydrogens is 688 g/mol. The maximum atomic E-state index is 12.3. The first-order valence-corrected chi connectivity index (χ1v) is 16.0. The molecule has 19 heteroatoms. The van der Waals surface area contributed by atoms with Gasteiger partial charge in [0.1, 0.15) is 90.5 Å². The van der Waals surface area contributed by atoms with E-state index in [0.717, 1.165) is 0 Å². The van der Waals surface area contributed by atoms with Crippen LogP contribution in [0.4, 0.5) is 0 Å². The summed E-state index contributed by atoms with van der Waals surface area (Å²) >= 11 is 0. The van der Waals surface area contributed by atoms with Gasteiger partial charge in [0, 0.05) is 6.07 Å². The molecule has 15 unspecified atom stereocenters. The number of ether oxygens (including phenoxy) is 7. The van der Waals surface area contributed by atoms with Crippen LogP contribution in [0.1, 0.15) is 22.8 Å². The Morgan fingerprint density at radius 1 is 0.725 bits per heavy atom. The van der Waals surface area contributed by atoms with Crippen molar-refractivity contribution in [3.05, 3.63) is 29.3 Å². The number of phenolic OH excluding ortho intramolecular Hbond substituents is 1. The van der Waals surface area contributed by atoms with E-state index in [1.54, 1.807) is 19.1 Å². The average molecular weight is 733 g/mol. The smallest absolute Gasteiger partial charge is 0.229 e. The van der Waals surface area contributed by atoms with Crippen molar-refractivity contribution < 1.29 is 94.1 Å². The van der Waals surface area contributed by atoms with Gasteiger partial charge < -0.3 is 89.3 Å². The van der Waals surface area contributed by atoms with E-state index >= 15 is 0 Å². The van der Waals surface area contributed by atoms with Gasteiger partial charge in [0.2, 0.25) is 6.29 Å². The molecule has 0 saturated carbocycles. The van der Waals surface area contributed by atoms with Crippen LogP contribution in [0.15, 0.2) is 18.2 Å². The summed E-state index contributed by atoms with van der Waals surface area (Å²) < 4.78 is 39.0. The quantitative estimate of drug-likeness (QED) is 0.0978. The van der Waals surface area contributed by atoms with Gasteiger partial charge in [-0.15, -0.1) is 0 Å². The maximum absolute atomic E-state index is 12.3. The third-order valence-corrected chi connectivity index (χ3v) is 9.23. The molecule has 5 rings (SSSR count). The molecule has 0 radical (unpaired) electrons. The molecule has 0 aliphatic carbocycles. The number of Topliss-reactive ketones (excluding diaryl/α,β-unsaturated/α-hetero) is 1. The largest absolute Gasteiger partial charge is 0.506 e. The van der Waals surface area contributed by atoms with Gasteiger partial charge in [0.05, 0.1) is 37.9 Å². The topological polar surface area (TPSA) is 304 Å². The number of carbonyl (C=O) groups excluding carboxylic acids is 1. The summed E-state index contributed by atoms with van der Waals surface area (Å²) in [7, 11) is 1.38. The monoisotopic (exact) mass is 732 g/mol. The molecule has 11 N–H and O–H groups in total. The first-order chi connectivity index (χ1) is 24.1. The van der Waals surface area contributed by atoms with Gasteiger partial charge in [0.25, 0.3) is 0 Å². The summed E-state index contributed by atoms with van der Waals surface area (Å²) in [6.07, 6.45) is -25.9. The molecule has 286 valence electrons. The molecule has 19 nitrogen and oxygen atoms in total. The number of ketones is 1. The highest BCUT2D eigenvalue weighted by atomic mass is 16.7. The number of aromatic hydroxyl groups is 1. The number of phenols is 1. The number of aliphatic hydroxyl groups excluding tert-OH is 10. The van der Waals surface area contributed by atoms with E-state index in [4.69, 9.17) is 33.2 Å². The van der Waals surface area contributed by atoms with Crippen LogP contribution >= 0.6 is 0 Å². The van der Waals surface area contributed by atoms with Gasteiger partial charge >= 0.3 is 0 Å². The molecule has 3 fully saturated rings. The summed E-state index contributed by atoms with van der Waals surface area (Å²) in [5.41, 5.74) is 0.496. The van der Waals surface area contributed by atoms with Crippen molar-refractivity contribution >= 4 is 16.6 Å². The van der Waals surface area contributed by atoms with Gasteiger partial charge in [-0.2, -0.15) is 0 Å². The minimum absolute atomic E-state index is 0.0236. The predicted octanol–water partition coefficient (Wildman–Crippen LogP) is -4.11. The summed E-state index contributed by atoms with van der Waals surface area (Å²) in [4.78, 5) is 12.3. The molecule has 0 aromatic heterocycles. The predicted molar refractivity (Wildman–Crippen MR) is 167 cm³/mol. The lowest BCUT2D eigenvalue weighted by atomic mass is 9.96. The van der Waals surface area contributed by atoms with Crippen LogP contribution in [0, 0.1) is 6.92 Å². The molecule has 3 aliphatic rings. The number of aliphatic hydroxyl groups is 10. The fourth-order valence-electron chi connectivity index (χ4n) is 6.40. The number of hydrogen-bond donors (Lipinski definition) is 11. The minimum atomic E-state index is -1.90. The maximum Gasteiger partial charge on any atom is 0.229 e. The molecule has 0 bridgehead atoms. The molecule has 15 atom stereocenters. The molecule has 2 aromatic carbocycles. The zero-order chi connectivity index (χ0) is 37.5. The van der Waals surface area contributed by atoms with Gasteiger partial charge in [0.15, 0.2) is 18.4 Å². The lowest BCUT2D eigenvalue weighted by molar-refractivity contribution is -0.364. The number of rotatable bonds is 11. The molecule has 3 saturated heterocycles. The Kier molecular flexibility index (Phi) is 12.4. The highest BCUT2D eigenvalue weighted by Gasteiger charge is 2.52. The van der Waals surface area contributed by atoms with Crippen molar-refractivity contribution in [2.75, 3.05) is 26.9 Å². The number of carbonyl (C=O) groups is 1. The van der Waals surface area contributed by atoms with Gasteiger partial charge in [-0.05, 0) is 30.9 Å². The first-order valence-electron chi connectivity index (χ1n) is 16.0. The van der Waals surface area contributed by atoms with Gasteiger partial charge in [-0.25, -0.2) is 0 Å². The second-order valence-electron chi connectivity index (χ2n) is 12.7. The molecule has 51 heavy (non-hydrogen) atoms.